The number of likely N-dealkylation sites (tertiary alicyclic amines) is 1. The first-order valence-corrected chi connectivity index (χ1v) is 7.10. The number of rotatable bonds is 5. The molecule has 0 radical (unpaired) electrons. The second-order valence-corrected chi connectivity index (χ2v) is 5.40. The minimum absolute atomic E-state index is 0.0989. The average Bonchev–Trinajstić information content (AvgIpc) is 2.35. The molecule has 0 unspecified atom stereocenters. The number of carbonyl (C=O) groups is 1. The number of hydrogen-bond donors (Lipinski definition) is 1. The lowest BCUT2D eigenvalue weighted by atomic mass is 9.95. The Balaban J connectivity index is 2.51. The fourth-order valence-electron chi connectivity index (χ4n) is 2.62. The van der Waals surface area contributed by atoms with E-state index in [0.717, 1.165) is 25.8 Å². The molecule has 1 N–H and O–H groups in total. The van der Waals surface area contributed by atoms with Crippen LogP contribution in [0, 0.1) is 5.92 Å². The lowest BCUT2D eigenvalue weighted by Crippen LogP contribution is -2.51. The van der Waals surface area contributed by atoms with Crippen molar-refractivity contribution in [2.75, 3.05) is 13.6 Å². The Morgan fingerprint density at radius 2 is 2.06 bits per heavy atom. The van der Waals surface area contributed by atoms with Gasteiger partial charge in [0.15, 0.2) is 0 Å². The van der Waals surface area contributed by atoms with Gasteiger partial charge in [0.25, 0.3) is 0 Å². The molecule has 3 heteroatoms. The lowest BCUT2D eigenvalue weighted by molar-refractivity contribution is -0.128. The molecular formula is C14H28N2O. The van der Waals surface area contributed by atoms with Gasteiger partial charge in [-0.3, -0.25) is 9.69 Å². The van der Waals surface area contributed by atoms with Gasteiger partial charge in [0.1, 0.15) is 0 Å². The molecule has 3 nitrogen and oxygen atoms in total. The zero-order chi connectivity index (χ0) is 12.8. The Bertz CT molecular complexity index is 242. The van der Waals surface area contributed by atoms with Crippen LogP contribution in [-0.2, 0) is 4.79 Å². The molecule has 100 valence electrons. The minimum atomic E-state index is 0.0989. The molecule has 1 heterocycles. The van der Waals surface area contributed by atoms with E-state index in [1.165, 1.54) is 12.8 Å². The average molecular weight is 240 g/mol. The molecule has 0 aromatic rings. The second-order valence-electron chi connectivity index (χ2n) is 5.40. The van der Waals surface area contributed by atoms with Crippen LogP contribution >= 0.6 is 0 Å². The number of amides is 1. The van der Waals surface area contributed by atoms with E-state index in [2.05, 4.69) is 38.0 Å². The highest BCUT2D eigenvalue weighted by molar-refractivity contribution is 5.82. The summed E-state index contributed by atoms with van der Waals surface area (Å²) in [6, 6.07) is 0.435. The van der Waals surface area contributed by atoms with Crippen molar-refractivity contribution in [2.24, 2.45) is 5.92 Å². The maximum absolute atomic E-state index is 12.2. The molecule has 17 heavy (non-hydrogen) atoms. The largest absolute Gasteiger partial charge is 0.352 e. The number of nitrogens with one attached hydrogen (secondary N) is 1. The smallest absolute Gasteiger partial charge is 0.237 e. The number of carbonyl (C=O) groups excluding carboxylic acids is 1. The van der Waals surface area contributed by atoms with Crippen LogP contribution in [0.3, 0.4) is 0 Å². The van der Waals surface area contributed by atoms with Crippen molar-refractivity contribution < 1.29 is 4.79 Å². The van der Waals surface area contributed by atoms with E-state index in [1.54, 1.807) is 0 Å². The monoisotopic (exact) mass is 240 g/mol. The third-order valence-corrected chi connectivity index (χ3v) is 4.17. The van der Waals surface area contributed by atoms with Gasteiger partial charge in [-0.1, -0.05) is 33.6 Å². The van der Waals surface area contributed by atoms with Crippen LogP contribution in [0.15, 0.2) is 0 Å². The van der Waals surface area contributed by atoms with Crippen molar-refractivity contribution in [3.05, 3.63) is 0 Å². The number of nitrogens with zero attached hydrogens (tertiary/aromatic N) is 1. The molecule has 1 amide bonds. The third-order valence-electron chi connectivity index (χ3n) is 4.17. The van der Waals surface area contributed by atoms with Gasteiger partial charge in [-0.2, -0.15) is 0 Å². The summed E-state index contributed by atoms with van der Waals surface area (Å²) in [5.41, 5.74) is 0. The van der Waals surface area contributed by atoms with Crippen LogP contribution in [0.25, 0.3) is 0 Å². The zero-order valence-corrected chi connectivity index (χ0v) is 11.8. The summed E-state index contributed by atoms with van der Waals surface area (Å²) >= 11 is 0. The standard InChI is InChI=1S/C14H28N2O/c1-5-11(3)12(6-2)15-14(17)13-9-7-8-10-16(13)4/h11-13H,5-10H2,1-4H3,(H,15,17)/t11-,12+,13+/m0/s1. The van der Waals surface area contributed by atoms with E-state index >= 15 is 0 Å². The van der Waals surface area contributed by atoms with E-state index < -0.39 is 0 Å². The Kier molecular flexibility index (Phi) is 5.96. The van der Waals surface area contributed by atoms with Crippen LogP contribution in [0.4, 0.5) is 0 Å². The number of likely N-dealkylation sites (N-methyl/N-ethyl adjacent to an activating group) is 1. The van der Waals surface area contributed by atoms with E-state index in [0.29, 0.717) is 12.0 Å². The van der Waals surface area contributed by atoms with Gasteiger partial charge in [-0.05, 0) is 38.8 Å². The zero-order valence-electron chi connectivity index (χ0n) is 11.8. The molecule has 0 aromatic carbocycles. The summed E-state index contributed by atoms with van der Waals surface area (Å²) in [6.07, 6.45) is 5.57. The van der Waals surface area contributed by atoms with Crippen LogP contribution in [0.2, 0.25) is 0 Å². The number of piperidine rings is 1. The van der Waals surface area contributed by atoms with Crippen molar-refractivity contribution in [2.45, 2.75) is 65.0 Å². The Morgan fingerprint density at radius 3 is 2.59 bits per heavy atom. The molecular weight excluding hydrogens is 212 g/mol. The topological polar surface area (TPSA) is 32.3 Å². The van der Waals surface area contributed by atoms with Gasteiger partial charge in [-0.25, -0.2) is 0 Å². The first-order valence-electron chi connectivity index (χ1n) is 7.10. The summed E-state index contributed by atoms with van der Waals surface area (Å²) in [4.78, 5) is 14.4. The van der Waals surface area contributed by atoms with Gasteiger partial charge in [0.2, 0.25) is 5.91 Å². The van der Waals surface area contributed by atoms with Gasteiger partial charge in [-0.15, -0.1) is 0 Å². The fraction of sp³-hybridized carbons (Fsp3) is 0.929. The van der Waals surface area contributed by atoms with Crippen molar-refractivity contribution in [3.8, 4) is 0 Å². The summed E-state index contributed by atoms with van der Waals surface area (Å²) < 4.78 is 0. The SMILES string of the molecule is CC[C@H](C)[C@@H](CC)NC(=O)[C@H]1CCCCN1C. The Morgan fingerprint density at radius 1 is 1.35 bits per heavy atom. The summed E-state index contributed by atoms with van der Waals surface area (Å²) in [6.45, 7) is 7.62. The molecule has 1 saturated heterocycles. The predicted octanol–water partition coefficient (Wildman–Crippen LogP) is 2.41. The van der Waals surface area contributed by atoms with E-state index in [9.17, 15) is 4.79 Å². The third kappa shape index (κ3) is 3.98. The Labute approximate surface area is 106 Å². The van der Waals surface area contributed by atoms with Gasteiger partial charge in [0, 0.05) is 6.04 Å². The van der Waals surface area contributed by atoms with Gasteiger partial charge in [0.05, 0.1) is 6.04 Å². The number of hydrogen-bond acceptors (Lipinski definition) is 2. The first-order chi connectivity index (χ1) is 8.10. The molecule has 0 bridgehead atoms. The van der Waals surface area contributed by atoms with E-state index in [4.69, 9.17) is 0 Å². The maximum atomic E-state index is 12.2. The lowest BCUT2D eigenvalue weighted by Gasteiger charge is -2.33. The molecule has 0 aliphatic carbocycles. The first kappa shape index (κ1) is 14.5. The van der Waals surface area contributed by atoms with Gasteiger partial charge < -0.3 is 5.32 Å². The second kappa shape index (κ2) is 7.00. The molecule has 3 atom stereocenters. The molecule has 1 rings (SSSR count). The van der Waals surface area contributed by atoms with Crippen molar-refractivity contribution in [1.29, 1.82) is 0 Å². The summed E-state index contributed by atoms with van der Waals surface area (Å²) in [5, 5.41) is 3.24. The van der Waals surface area contributed by atoms with Crippen LogP contribution < -0.4 is 5.32 Å². The molecule has 1 fully saturated rings. The highest BCUT2D eigenvalue weighted by Gasteiger charge is 2.27. The molecule has 0 spiro atoms. The molecule has 1 aliphatic heterocycles. The highest BCUT2D eigenvalue weighted by Crippen LogP contribution is 2.17. The van der Waals surface area contributed by atoms with Crippen LogP contribution in [0.5, 0.6) is 0 Å². The van der Waals surface area contributed by atoms with Crippen molar-refractivity contribution >= 4 is 5.91 Å². The predicted molar refractivity (Wildman–Crippen MR) is 71.9 cm³/mol. The molecule has 0 aromatic heterocycles. The molecule has 1 aliphatic rings. The summed E-state index contributed by atoms with van der Waals surface area (Å²) in [5.74, 6) is 0.803. The van der Waals surface area contributed by atoms with E-state index in [1.807, 2.05) is 0 Å². The molecule has 0 saturated carbocycles. The van der Waals surface area contributed by atoms with Crippen LogP contribution in [-0.4, -0.2) is 36.5 Å². The quantitative estimate of drug-likeness (QED) is 0.800. The minimum Gasteiger partial charge on any atom is -0.352 e. The van der Waals surface area contributed by atoms with Gasteiger partial charge >= 0.3 is 0 Å². The highest BCUT2D eigenvalue weighted by atomic mass is 16.2. The van der Waals surface area contributed by atoms with Crippen molar-refractivity contribution in [3.63, 3.8) is 0 Å². The van der Waals surface area contributed by atoms with Crippen LogP contribution in [0.1, 0.15) is 52.9 Å². The van der Waals surface area contributed by atoms with E-state index in [-0.39, 0.29) is 11.9 Å². The van der Waals surface area contributed by atoms with Crippen molar-refractivity contribution in [1.82, 2.24) is 10.2 Å². The Hall–Kier alpha value is -0.570. The maximum Gasteiger partial charge on any atom is 0.237 e. The normalized spacial score (nSPS) is 25.3. The summed E-state index contributed by atoms with van der Waals surface area (Å²) in [7, 11) is 2.06. The fourth-order valence-corrected chi connectivity index (χ4v) is 2.62.